The lowest BCUT2D eigenvalue weighted by Crippen LogP contribution is -2.20. The SMILES string of the molecule is COc1c(C(=O)CN)cc2c(c1F)OCCO2. The molecule has 0 aliphatic carbocycles. The molecule has 0 saturated heterocycles. The van der Waals surface area contributed by atoms with Crippen LogP contribution in [0.15, 0.2) is 6.07 Å². The molecule has 1 heterocycles. The summed E-state index contributed by atoms with van der Waals surface area (Å²) in [6, 6.07) is 1.39. The van der Waals surface area contributed by atoms with Crippen LogP contribution in [0.25, 0.3) is 0 Å². The highest BCUT2D eigenvalue weighted by atomic mass is 19.1. The molecule has 0 spiro atoms. The van der Waals surface area contributed by atoms with Gasteiger partial charge >= 0.3 is 0 Å². The van der Waals surface area contributed by atoms with Crippen LogP contribution in [-0.2, 0) is 0 Å². The van der Waals surface area contributed by atoms with E-state index in [9.17, 15) is 9.18 Å². The van der Waals surface area contributed by atoms with E-state index in [1.807, 2.05) is 0 Å². The lowest BCUT2D eigenvalue weighted by molar-refractivity contribution is 0.0995. The highest BCUT2D eigenvalue weighted by Crippen LogP contribution is 2.40. The molecule has 92 valence electrons. The van der Waals surface area contributed by atoms with Gasteiger partial charge in [0.15, 0.2) is 17.3 Å². The number of carbonyl (C=O) groups is 1. The minimum Gasteiger partial charge on any atom is -0.493 e. The number of Topliss-reactive ketones (excluding diaryl/α,β-unsaturated/α-hetero) is 1. The Hall–Kier alpha value is -1.82. The number of benzene rings is 1. The molecule has 6 heteroatoms. The molecule has 0 unspecified atom stereocenters. The van der Waals surface area contributed by atoms with E-state index in [4.69, 9.17) is 19.9 Å². The second-order valence-corrected chi connectivity index (χ2v) is 3.42. The van der Waals surface area contributed by atoms with E-state index < -0.39 is 11.6 Å². The van der Waals surface area contributed by atoms with Gasteiger partial charge in [-0.25, -0.2) is 0 Å². The van der Waals surface area contributed by atoms with Crippen molar-refractivity contribution >= 4 is 5.78 Å². The average molecular weight is 241 g/mol. The summed E-state index contributed by atoms with van der Waals surface area (Å²) in [6.45, 7) is 0.349. The molecule has 0 atom stereocenters. The molecule has 0 fully saturated rings. The van der Waals surface area contributed by atoms with Gasteiger partial charge in [0.1, 0.15) is 13.2 Å². The summed E-state index contributed by atoms with van der Waals surface area (Å²) < 4.78 is 29.2. The standard InChI is InChI=1S/C11H12FNO4/c1-15-10-6(7(14)5-13)4-8-11(9(10)12)17-3-2-16-8/h4H,2-3,5,13H2,1H3. The van der Waals surface area contributed by atoms with Crippen molar-refractivity contribution in [2.45, 2.75) is 0 Å². The van der Waals surface area contributed by atoms with Gasteiger partial charge in [0.2, 0.25) is 11.6 Å². The van der Waals surface area contributed by atoms with Crippen molar-refractivity contribution in [2.75, 3.05) is 26.9 Å². The second kappa shape index (κ2) is 4.58. The molecule has 17 heavy (non-hydrogen) atoms. The summed E-state index contributed by atoms with van der Waals surface area (Å²) in [5.41, 5.74) is 5.32. The molecule has 0 aromatic heterocycles. The predicted molar refractivity (Wildman–Crippen MR) is 57.3 cm³/mol. The number of nitrogens with two attached hydrogens (primary N) is 1. The summed E-state index contributed by atoms with van der Waals surface area (Å²) in [5, 5.41) is 0. The van der Waals surface area contributed by atoms with Crippen LogP contribution in [0.2, 0.25) is 0 Å². The lowest BCUT2D eigenvalue weighted by Gasteiger charge is -2.21. The van der Waals surface area contributed by atoms with Gasteiger partial charge in [-0.15, -0.1) is 0 Å². The fourth-order valence-electron chi connectivity index (χ4n) is 1.65. The molecule has 5 nitrogen and oxygen atoms in total. The summed E-state index contributed by atoms with van der Waals surface area (Å²) in [7, 11) is 1.28. The van der Waals surface area contributed by atoms with Gasteiger partial charge < -0.3 is 19.9 Å². The van der Waals surface area contributed by atoms with Crippen LogP contribution < -0.4 is 19.9 Å². The summed E-state index contributed by atoms with van der Waals surface area (Å²) in [4.78, 5) is 11.6. The van der Waals surface area contributed by atoms with E-state index in [1.165, 1.54) is 13.2 Å². The van der Waals surface area contributed by atoms with Crippen molar-refractivity contribution < 1.29 is 23.4 Å². The number of ether oxygens (including phenoxy) is 3. The Morgan fingerprint density at radius 2 is 2.24 bits per heavy atom. The number of halogens is 1. The minimum absolute atomic E-state index is 0.0262. The molecular weight excluding hydrogens is 229 g/mol. The molecule has 0 amide bonds. The van der Waals surface area contributed by atoms with Gasteiger partial charge in [-0.3, -0.25) is 4.79 Å². The van der Waals surface area contributed by atoms with Crippen molar-refractivity contribution in [1.29, 1.82) is 0 Å². The maximum atomic E-state index is 14.0. The van der Waals surface area contributed by atoms with E-state index in [-0.39, 0.29) is 36.0 Å². The van der Waals surface area contributed by atoms with Crippen LogP contribution >= 0.6 is 0 Å². The molecule has 1 aliphatic heterocycles. The number of rotatable bonds is 3. The molecule has 0 saturated carbocycles. The quantitative estimate of drug-likeness (QED) is 0.790. The Morgan fingerprint density at radius 3 is 2.88 bits per heavy atom. The van der Waals surface area contributed by atoms with Crippen molar-refractivity contribution in [1.82, 2.24) is 0 Å². The number of fused-ring (bicyclic) bond motifs is 1. The van der Waals surface area contributed by atoms with E-state index >= 15 is 0 Å². The average Bonchev–Trinajstić information content (AvgIpc) is 2.37. The first kappa shape index (κ1) is 11.7. The summed E-state index contributed by atoms with van der Waals surface area (Å²) >= 11 is 0. The zero-order chi connectivity index (χ0) is 12.4. The highest BCUT2D eigenvalue weighted by Gasteiger charge is 2.26. The minimum atomic E-state index is -0.735. The first-order chi connectivity index (χ1) is 8.19. The van der Waals surface area contributed by atoms with Crippen molar-refractivity contribution in [2.24, 2.45) is 5.73 Å². The Bertz CT molecular complexity index is 461. The predicted octanol–water partition coefficient (Wildman–Crippen LogP) is 0.747. The van der Waals surface area contributed by atoms with Gasteiger partial charge in [0.25, 0.3) is 0 Å². The van der Waals surface area contributed by atoms with E-state index in [0.717, 1.165) is 0 Å². The van der Waals surface area contributed by atoms with Crippen LogP contribution in [0.1, 0.15) is 10.4 Å². The summed E-state index contributed by atoms with van der Waals surface area (Å²) in [5.74, 6) is -1.14. The topological polar surface area (TPSA) is 70.8 Å². The molecule has 1 aromatic rings. The fourth-order valence-corrected chi connectivity index (χ4v) is 1.65. The Labute approximate surface area is 97.3 Å². The maximum absolute atomic E-state index is 14.0. The molecule has 2 N–H and O–H groups in total. The van der Waals surface area contributed by atoms with Gasteiger partial charge in [-0.05, 0) is 6.07 Å². The number of hydrogen-bond acceptors (Lipinski definition) is 5. The normalized spacial score (nSPS) is 13.4. The largest absolute Gasteiger partial charge is 0.493 e. The molecule has 1 aromatic carbocycles. The fraction of sp³-hybridized carbons (Fsp3) is 0.364. The van der Waals surface area contributed by atoms with E-state index in [2.05, 4.69) is 0 Å². The van der Waals surface area contributed by atoms with Gasteiger partial charge in [-0.1, -0.05) is 0 Å². The molecule has 2 rings (SSSR count). The van der Waals surface area contributed by atoms with Crippen LogP contribution in [0, 0.1) is 5.82 Å². The smallest absolute Gasteiger partial charge is 0.211 e. The summed E-state index contributed by atoms with van der Waals surface area (Å²) in [6.07, 6.45) is 0. The van der Waals surface area contributed by atoms with Crippen LogP contribution in [-0.4, -0.2) is 32.7 Å². The molecule has 1 aliphatic rings. The van der Waals surface area contributed by atoms with Gasteiger partial charge in [0.05, 0.1) is 19.2 Å². The van der Waals surface area contributed by atoms with Crippen molar-refractivity contribution in [3.8, 4) is 17.2 Å². The van der Waals surface area contributed by atoms with Gasteiger partial charge in [0, 0.05) is 0 Å². The third-order valence-corrected chi connectivity index (χ3v) is 2.42. The number of carbonyl (C=O) groups excluding carboxylic acids is 1. The zero-order valence-electron chi connectivity index (χ0n) is 9.29. The highest BCUT2D eigenvalue weighted by molar-refractivity contribution is 6.00. The van der Waals surface area contributed by atoms with Crippen LogP contribution in [0.4, 0.5) is 4.39 Å². The molecular formula is C11H12FNO4. The first-order valence-corrected chi connectivity index (χ1v) is 5.08. The number of methoxy groups -OCH3 is 1. The third kappa shape index (κ3) is 1.91. The third-order valence-electron chi connectivity index (χ3n) is 2.42. The van der Waals surface area contributed by atoms with Crippen LogP contribution in [0.5, 0.6) is 17.2 Å². The second-order valence-electron chi connectivity index (χ2n) is 3.42. The molecule has 0 radical (unpaired) electrons. The lowest BCUT2D eigenvalue weighted by atomic mass is 10.1. The number of hydrogen-bond donors (Lipinski definition) is 1. The van der Waals surface area contributed by atoms with Crippen LogP contribution in [0.3, 0.4) is 0 Å². The number of ketones is 1. The zero-order valence-corrected chi connectivity index (χ0v) is 9.29. The monoisotopic (exact) mass is 241 g/mol. The van der Waals surface area contributed by atoms with Crippen molar-refractivity contribution in [3.63, 3.8) is 0 Å². The van der Waals surface area contributed by atoms with E-state index in [1.54, 1.807) is 0 Å². The Balaban J connectivity index is 2.59. The first-order valence-electron chi connectivity index (χ1n) is 5.08. The van der Waals surface area contributed by atoms with Gasteiger partial charge in [-0.2, -0.15) is 4.39 Å². The Morgan fingerprint density at radius 1 is 1.53 bits per heavy atom. The Kier molecular flexibility index (Phi) is 3.14. The van der Waals surface area contributed by atoms with E-state index in [0.29, 0.717) is 6.61 Å². The van der Waals surface area contributed by atoms with Crippen molar-refractivity contribution in [3.05, 3.63) is 17.4 Å². The maximum Gasteiger partial charge on any atom is 0.211 e. The molecule has 0 bridgehead atoms.